The zero-order chi connectivity index (χ0) is 21.5. The highest BCUT2D eigenvalue weighted by Crippen LogP contribution is 2.23. The van der Waals surface area contributed by atoms with Gasteiger partial charge >= 0.3 is 0 Å². The van der Waals surface area contributed by atoms with Gasteiger partial charge in [0.2, 0.25) is 0 Å². The van der Waals surface area contributed by atoms with Crippen molar-refractivity contribution < 1.29 is 19.6 Å². The largest absolute Gasteiger partial charge is 0.507 e. The number of ether oxygens (including phenoxy) is 1. The molecule has 0 saturated carbocycles. The van der Waals surface area contributed by atoms with Gasteiger partial charge in [-0.3, -0.25) is 14.9 Å². The van der Waals surface area contributed by atoms with E-state index in [4.69, 9.17) is 4.74 Å². The summed E-state index contributed by atoms with van der Waals surface area (Å²) in [5.74, 6) is -0.178. The molecule has 152 valence electrons. The minimum atomic E-state index is -0.830. The van der Waals surface area contributed by atoms with E-state index < -0.39 is 16.9 Å². The smallest absolute Gasteiger partial charge is 0.280 e. The van der Waals surface area contributed by atoms with E-state index in [2.05, 4.69) is 10.5 Å². The first-order chi connectivity index (χ1) is 14.4. The molecule has 0 aliphatic carbocycles. The number of hydrogen-bond donors (Lipinski definition) is 2. The molecule has 0 spiro atoms. The second-order valence-corrected chi connectivity index (χ2v) is 6.38. The number of amides is 1. The Hall–Kier alpha value is -4.20. The lowest BCUT2D eigenvalue weighted by atomic mass is 10.1. The summed E-state index contributed by atoms with van der Waals surface area (Å²) in [5, 5.41) is 24.3. The molecule has 0 saturated heterocycles. The zero-order valence-corrected chi connectivity index (χ0v) is 16.1. The molecule has 0 aliphatic rings. The first kappa shape index (κ1) is 20.5. The average molecular weight is 405 g/mol. The number of hydrogen-bond acceptors (Lipinski definition) is 6. The zero-order valence-electron chi connectivity index (χ0n) is 16.1. The van der Waals surface area contributed by atoms with E-state index in [1.807, 2.05) is 42.5 Å². The van der Waals surface area contributed by atoms with Crippen molar-refractivity contribution in [3.63, 3.8) is 0 Å². The Balaban J connectivity index is 1.58. The number of non-ortho nitro benzene ring substituents is 1. The number of benzene rings is 3. The summed E-state index contributed by atoms with van der Waals surface area (Å²) in [4.78, 5) is 22.4. The maximum atomic E-state index is 12.2. The molecule has 2 N–H and O–H groups in total. The normalized spacial score (nSPS) is 11.8. The van der Waals surface area contributed by atoms with E-state index in [9.17, 15) is 20.0 Å². The first-order valence-corrected chi connectivity index (χ1v) is 9.06. The highest BCUT2D eigenvalue weighted by molar-refractivity contribution is 5.87. The van der Waals surface area contributed by atoms with Crippen LogP contribution in [0.15, 0.2) is 77.9 Å². The highest BCUT2D eigenvalue weighted by atomic mass is 16.6. The number of nitrogens with zero attached hydrogens (tertiary/aromatic N) is 2. The van der Waals surface area contributed by atoms with E-state index in [-0.39, 0.29) is 17.0 Å². The van der Waals surface area contributed by atoms with Gasteiger partial charge in [-0.2, -0.15) is 5.10 Å². The minimum absolute atomic E-state index is 0.106. The number of carbonyl (C=O) groups is 1. The molecule has 1 amide bonds. The molecule has 0 fully saturated rings. The predicted octanol–water partition coefficient (Wildman–Crippen LogP) is 3.89. The van der Waals surface area contributed by atoms with Crippen molar-refractivity contribution in [2.45, 2.75) is 13.0 Å². The summed E-state index contributed by atoms with van der Waals surface area (Å²) < 4.78 is 5.62. The van der Waals surface area contributed by atoms with Gasteiger partial charge in [0, 0.05) is 17.7 Å². The fourth-order valence-corrected chi connectivity index (χ4v) is 2.63. The van der Waals surface area contributed by atoms with Crippen LogP contribution in [0.25, 0.3) is 11.1 Å². The molecule has 0 aliphatic heterocycles. The Kier molecular flexibility index (Phi) is 6.39. The quantitative estimate of drug-likeness (QED) is 0.352. The molecule has 0 aromatic heterocycles. The number of nitro groups is 1. The molecule has 8 nitrogen and oxygen atoms in total. The minimum Gasteiger partial charge on any atom is -0.507 e. The average Bonchev–Trinajstić information content (AvgIpc) is 2.76. The second kappa shape index (κ2) is 9.33. The molecule has 0 bridgehead atoms. The Bertz CT molecular complexity index is 1070. The van der Waals surface area contributed by atoms with Crippen molar-refractivity contribution in [3.8, 4) is 22.6 Å². The maximum Gasteiger partial charge on any atom is 0.280 e. The molecule has 3 aromatic carbocycles. The fourth-order valence-electron chi connectivity index (χ4n) is 2.63. The topological polar surface area (TPSA) is 114 Å². The summed E-state index contributed by atoms with van der Waals surface area (Å²) in [6, 6.07) is 20.7. The van der Waals surface area contributed by atoms with Gasteiger partial charge in [-0.15, -0.1) is 0 Å². The maximum absolute atomic E-state index is 12.2. The number of nitro benzene ring substituents is 1. The van der Waals surface area contributed by atoms with Crippen LogP contribution in [0.3, 0.4) is 0 Å². The molecule has 8 heteroatoms. The van der Waals surface area contributed by atoms with Crippen molar-refractivity contribution >= 4 is 17.8 Å². The van der Waals surface area contributed by atoms with Crippen molar-refractivity contribution in [1.29, 1.82) is 0 Å². The number of phenols is 1. The van der Waals surface area contributed by atoms with E-state index in [0.29, 0.717) is 5.75 Å². The van der Waals surface area contributed by atoms with Crippen LogP contribution in [0.2, 0.25) is 0 Å². The summed E-state index contributed by atoms with van der Waals surface area (Å²) in [7, 11) is 0. The van der Waals surface area contributed by atoms with Crippen molar-refractivity contribution in [2.24, 2.45) is 5.10 Å². The Morgan fingerprint density at radius 1 is 1.10 bits per heavy atom. The van der Waals surface area contributed by atoms with Gasteiger partial charge < -0.3 is 9.84 Å². The van der Waals surface area contributed by atoms with Crippen LogP contribution >= 0.6 is 0 Å². The fraction of sp³-hybridized carbons (Fsp3) is 0.0909. The molecular formula is C22H19N3O5. The first-order valence-electron chi connectivity index (χ1n) is 9.06. The van der Waals surface area contributed by atoms with Gasteiger partial charge in [0.25, 0.3) is 11.6 Å². The Morgan fingerprint density at radius 3 is 2.43 bits per heavy atom. The third-order valence-electron chi connectivity index (χ3n) is 4.24. The van der Waals surface area contributed by atoms with Crippen LogP contribution < -0.4 is 10.2 Å². The molecule has 3 rings (SSSR count). The summed E-state index contributed by atoms with van der Waals surface area (Å²) in [5.41, 5.74) is 4.30. The van der Waals surface area contributed by atoms with Gasteiger partial charge in [-0.1, -0.05) is 42.5 Å². The summed E-state index contributed by atoms with van der Waals surface area (Å²) in [6.45, 7) is 1.57. The third-order valence-corrected chi connectivity index (χ3v) is 4.24. The molecule has 0 heterocycles. The molecule has 0 radical (unpaired) electrons. The summed E-state index contributed by atoms with van der Waals surface area (Å²) >= 11 is 0. The predicted molar refractivity (Wildman–Crippen MR) is 112 cm³/mol. The Morgan fingerprint density at radius 2 is 1.77 bits per heavy atom. The number of phenolic OH excluding ortho intramolecular Hbond substituents is 1. The van der Waals surface area contributed by atoms with Crippen molar-refractivity contribution in [3.05, 3.63) is 88.5 Å². The van der Waals surface area contributed by atoms with E-state index in [1.165, 1.54) is 12.1 Å². The van der Waals surface area contributed by atoms with Crippen LogP contribution in [-0.2, 0) is 4.79 Å². The summed E-state index contributed by atoms with van der Waals surface area (Å²) in [6.07, 6.45) is 0.296. The van der Waals surface area contributed by atoms with Crippen LogP contribution in [-0.4, -0.2) is 28.3 Å². The molecule has 0 unspecified atom stereocenters. The Labute approximate surface area is 172 Å². The number of carbonyl (C=O) groups excluding carboxylic acids is 1. The third kappa shape index (κ3) is 5.20. The van der Waals surface area contributed by atoms with Gasteiger partial charge in [0.05, 0.1) is 11.1 Å². The molecule has 1 atom stereocenters. The van der Waals surface area contributed by atoms with Crippen molar-refractivity contribution in [2.75, 3.05) is 0 Å². The van der Waals surface area contributed by atoms with Gasteiger partial charge in [-0.25, -0.2) is 5.43 Å². The number of rotatable bonds is 7. The lowest BCUT2D eigenvalue weighted by Crippen LogP contribution is -2.33. The second-order valence-electron chi connectivity index (χ2n) is 6.38. The van der Waals surface area contributed by atoms with Crippen molar-refractivity contribution in [1.82, 2.24) is 5.43 Å². The lowest BCUT2D eigenvalue weighted by Gasteiger charge is -2.13. The molecule has 30 heavy (non-hydrogen) atoms. The van der Waals surface area contributed by atoms with Crippen LogP contribution in [0.1, 0.15) is 12.5 Å². The molecular weight excluding hydrogens is 386 g/mol. The van der Waals surface area contributed by atoms with Gasteiger partial charge in [0.1, 0.15) is 11.5 Å². The standard InChI is InChI=1S/C22H19N3O5/c1-15(30-20-10-7-17(8-11-20)16-5-3-2-4-6-16)22(27)24-23-14-18-13-19(25(28)29)9-12-21(18)26/h2-15,26H,1H3,(H,24,27)/t15-/m1/s1. The number of hydrazone groups is 1. The number of nitrogens with one attached hydrogen (secondary N) is 1. The van der Waals surface area contributed by atoms with Gasteiger partial charge in [0.15, 0.2) is 6.10 Å². The number of aromatic hydroxyl groups is 1. The highest BCUT2D eigenvalue weighted by Gasteiger charge is 2.14. The van der Waals surface area contributed by atoms with E-state index >= 15 is 0 Å². The van der Waals surface area contributed by atoms with Crippen LogP contribution in [0.5, 0.6) is 11.5 Å². The van der Waals surface area contributed by atoms with E-state index in [1.54, 1.807) is 19.1 Å². The van der Waals surface area contributed by atoms with Crippen LogP contribution in [0, 0.1) is 10.1 Å². The SMILES string of the molecule is C[C@@H](Oc1ccc(-c2ccccc2)cc1)C(=O)NN=Cc1cc([N+](=O)[O-])ccc1O. The molecule has 3 aromatic rings. The lowest BCUT2D eigenvalue weighted by molar-refractivity contribution is -0.384. The van der Waals surface area contributed by atoms with E-state index in [0.717, 1.165) is 23.4 Å². The monoisotopic (exact) mass is 405 g/mol. The van der Waals surface area contributed by atoms with Gasteiger partial charge in [-0.05, 0) is 36.2 Å². The van der Waals surface area contributed by atoms with Crippen LogP contribution in [0.4, 0.5) is 5.69 Å².